The van der Waals surface area contributed by atoms with E-state index in [0.29, 0.717) is 16.5 Å². The average Bonchev–Trinajstić information content (AvgIpc) is 2.84. The highest BCUT2D eigenvalue weighted by atomic mass is 79.9. The van der Waals surface area contributed by atoms with Gasteiger partial charge in [0.15, 0.2) is 10.4 Å². The van der Waals surface area contributed by atoms with Gasteiger partial charge in [-0.2, -0.15) is 0 Å². The number of furan rings is 1. The summed E-state index contributed by atoms with van der Waals surface area (Å²) in [4.78, 5) is 27.4. The highest BCUT2D eigenvalue weighted by Crippen LogP contribution is 2.25. The number of piperidine rings is 1. The molecule has 0 bridgehead atoms. The van der Waals surface area contributed by atoms with Crippen LogP contribution in [0.15, 0.2) is 21.2 Å². The predicted octanol–water partition coefficient (Wildman–Crippen LogP) is 1.06. The number of nitrogens with zero attached hydrogens (tertiary/aromatic N) is 2. The van der Waals surface area contributed by atoms with E-state index in [1.807, 2.05) is 0 Å². The fourth-order valence-corrected chi connectivity index (χ4v) is 3.29. The van der Waals surface area contributed by atoms with E-state index >= 15 is 0 Å². The van der Waals surface area contributed by atoms with Gasteiger partial charge in [0.05, 0.1) is 0 Å². The summed E-state index contributed by atoms with van der Waals surface area (Å²) in [5, 5.41) is 0. The monoisotopic (exact) mass is 355 g/mol. The Balaban J connectivity index is 1.48. The Kier molecular flexibility index (Phi) is 4.03. The number of amides is 2. The fourth-order valence-electron chi connectivity index (χ4n) is 2.99. The van der Waals surface area contributed by atoms with Gasteiger partial charge >= 0.3 is 0 Å². The molecule has 7 heteroatoms. The van der Waals surface area contributed by atoms with Crippen molar-refractivity contribution in [2.45, 2.75) is 18.9 Å². The van der Waals surface area contributed by atoms with Crippen molar-refractivity contribution in [1.29, 1.82) is 0 Å². The van der Waals surface area contributed by atoms with Crippen molar-refractivity contribution >= 4 is 27.7 Å². The standard InChI is InChI=1S/C14H18BrN3O3/c15-12-2-1-11(21-12)14(20)18-7-10(8-18)17-5-3-9(4-6-17)13(16)19/h1-2,9-10H,3-8H2,(H2,16,19). The predicted molar refractivity (Wildman–Crippen MR) is 79.6 cm³/mol. The van der Waals surface area contributed by atoms with Gasteiger partial charge in [-0.3, -0.25) is 14.5 Å². The molecule has 0 aromatic carbocycles. The largest absolute Gasteiger partial charge is 0.444 e. The van der Waals surface area contributed by atoms with Gasteiger partial charge in [-0.25, -0.2) is 0 Å². The second kappa shape index (κ2) is 5.81. The molecule has 2 saturated heterocycles. The van der Waals surface area contributed by atoms with Gasteiger partial charge in [0.25, 0.3) is 5.91 Å². The van der Waals surface area contributed by atoms with Crippen LogP contribution in [0.4, 0.5) is 0 Å². The Morgan fingerprint density at radius 1 is 1.24 bits per heavy atom. The first-order chi connectivity index (χ1) is 10.0. The maximum Gasteiger partial charge on any atom is 0.289 e. The SMILES string of the molecule is NC(=O)C1CCN(C2CN(C(=O)c3ccc(Br)o3)C2)CC1. The first-order valence-corrected chi connectivity index (χ1v) is 7.92. The molecule has 0 unspecified atom stereocenters. The van der Waals surface area contributed by atoms with Gasteiger partial charge in [-0.05, 0) is 54.0 Å². The Labute approximate surface area is 131 Å². The van der Waals surface area contributed by atoms with E-state index in [2.05, 4.69) is 20.8 Å². The van der Waals surface area contributed by atoms with Crippen LogP contribution >= 0.6 is 15.9 Å². The third kappa shape index (κ3) is 2.98. The number of likely N-dealkylation sites (tertiary alicyclic amines) is 2. The highest BCUT2D eigenvalue weighted by molar-refractivity contribution is 9.10. The molecule has 2 amide bonds. The molecule has 21 heavy (non-hydrogen) atoms. The van der Waals surface area contributed by atoms with Gasteiger partial charge in [0.1, 0.15) is 0 Å². The van der Waals surface area contributed by atoms with Gasteiger partial charge in [0, 0.05) is 25.0 Å². The molecule has 3 rings (SSSR count). The van der Waals surface area contributed by atoms with Crippen molar-refractivity contribution in [3.05, 3.63) is 22.6 Å². The topological polar surface area (TPSA) is 79.8 Å². The smallest absolute Gasteiger partial charge is 0.289 e. The Bertz CT molecular complexity index is 545. The summed E-state index contributed by atoms with van der Waals surface area (Å²) in [7, 11) is 0. The lowest BCUT2D eigenvalue weighted by atomic mass is 9.93. The molecule has 3 heterocycles. The fraction of sp³-hybridized carbons (Fsp3) is 0.571. The van der Waals surface area contributed by atoms with Crippen molar-refractivity contribution in [2.75, 3.05) is 26.2 Å². The molecule has 0 atom stereocenters. The van der Waals surface area contributed by atoms with Crippen LogP contribution in [0.25, 0.3) is 0 Å². The van der Waals surface area contributed by atoms with Gasteiger partial charge in [0.2, 0.25) is 5.91 Å². The van der Waals surface area contributed by atoms with Gasteiger partial charge < -0.3 is 15.1 Å². The first-order valence-electron chi connectivity index (χ1n) is 7.12. The summed E-state index contributed by atoms with van der Waals surface area (Å²) in [6.45, 7) is 3.20. The Morgan fingerprint density at radius 2 is 1.90 bits per heavy atom. The minimum Gasteiger partial charge on any atom is -0.444 e. The Hall–Kier alpha value is -1.34. The second-order valence-electron chi connectivity index (χ2n) is 5.68. The second-order valence-corrected chi connectivity index (χ2v) is 6.46. The summed E-state index contributed by atoms with van der Waals surface area (Å²) in [6, 6.07) is 3.79. The lowest BCUT2D eigenvalue weighted by Gasteiger charge is -2.47. The number of hydrogen-bond donors (Lipinski definition) is 1. The van der Waals surface area contributed by atoms with E-state index in [1.54, 1.807) is 17.0 Å². The van der Waals surface area contributed by atoms with Crippen LogP contribution in [0.3, 0.4) is 0 Å². The molecular formula is C14H18BrN3O3. The van der Waals surface area contributed by atoms with Crippen LogP contribution in [0.2, 0.25) is 0 Å². The van der Waals surface area contributed by atoms with E-state index < -0.39 is 0 Å². The maximum atomic E-state index is 12.1. The van der Waals surface area contributed by atoms with Crippen molar-refractivity contribution in [2.24, 2.45) is 11.7 Å². The molecule has 0 spiro atoms. The van der Waals surface area contributed by atoms with E-state index in [0.717, 1.165) is 39.0 Å². The van der Waals surface area contributed by atoms with Crippen LogP contribution in [-0.2, 0) is 4.79 Å². The summed E-state index contributed by atoms with van der Waals surface area (Å²) in [6.07, 6.45) is 1.65. The number of nitrogens with two attached hydrogens (primary N) is 1. The Morgan fingerprint density at radius 3 is 2.43 bits per heavy atom. The zero-order valence-electron chi connectivity index (χ0n) is 11.6. The van der Waals surface area contributed by atoms with E-state index in [-0.39, 0.29) is 17.7 Å². The van der Waals surface area contributed by atoms with E-state index in [1.165, 1.54) is 0 Å². The summed E-state index contributed by atoms with van der Waals surface area (Å²) in [5.74, 6) is 0.125. The molecule has 6 nitrogen and oxygen atoms in total. The van der Waals surface area contributed by atoms with E-state index in [4.69, 9.17) is 10.2 Å². The minimum atomic E-state index is -0.191. The average molecular weight is 356 g/mol. The molecular weight excluding hydrogens is 338 g/mol. The maximum absolute atomic E-state index is 12.1. The number of halogens is 1. The minimum absolute atomic E-state index is 0.0135. The zero-order valence-corrected chi connectivity index (χ0v) is 13.2. The molecule has 2 aliphatic heterocycles. The third-order valence-electron chi connectivity index (χ3n) is 4.38. The van der Waals surface area contributed by atoms with Crippen molar-refractivity contribution in [3.63, 3.8) is 0 Å². The number of primary amides is 1. The number of carbonyl (C=O) groups is 2. The molecule has 2 fully saturated rings. The number of carbonyl (C=O) groups excluding carboxylic acids is 2. The number of rotatable bonds is 3. The molecule has 2 N–H and O–H groups in total. The van der Waals surface area contributed by atoms with Crippen molar-refractivity contribution < 1.29 is 14.0 Å². The first kappa shape index (κ1) is 14.6. The normalized spacial score (nSPS) is 21.3. The van der Waals surface area contributed by atoms with Gasteiger partial charge in [-0.15, -0.1) is 0 Å². The molecule has 2 aliphatic rings. The van der Waals surface area contributed by atoms with Crippen LogP contribution < -0.4 is 5.73 Å². The van der Waals surface area contributed by atoms with Crippen LogP contribution in [0, 0.1) is 5.92 Å². The van der Waals surface area contributed by atoms with E-state index in [9.17, 15) is 9.59 Å². The van der Waals surface area contributed by atoms with Crippen LogP contribution in [0.1, 0.15) is 23.4 Å². The number of hydrogen-bond acceptors (Lipinski definition) is 4. The molecule has 0 aliphatic carbocycles. The van der Waals surface area contributed by atoms with Crippen LogP contribution in [-0.4, -0.2) is 53.8 Å². The molecule has 1 aromatic heterocycles. The summed E-state index contributed by atoms with van der Waals surface area (Å²) in [5.41, 5.74) is 5.34. The summed E-state index contributed by atoms with van der Waals surface area (Å²) >= 11 is 3.20. The molecule has 1 aromatic rings. The van der Waals surface area contributed by atoms with Crippen molar-refractivity contribution in [3.8, 4) is 0 Å². The quantitative estimate of drug-likeness (QED) is 0.879. The molecule has 0 radical (unpaired) electrons. The lowest BCUT2D eigenvalue weighted by molar-refractivity contribution is -0.123. The lowest BCUT2D eigenvalue weighted by Crippen LogP contribution is -2.62. The van der Waals surface area contributed by atoms with Crippen molar-refractivity contribution in [1.82, 2.24) is 9.80 Å². The van der Waals surface area contributed by atoms with Gasteiger partial charge in [-0.1, -0.05) is 0 Å². The molecule has 114 valence electrons. The highest BCUT2D eigenvalue weighted by Gasteiger charge is 2.38. The summed E-state index contributed by atoms with van der Waals surface area (Å²) < 4.78 is 5.85. The zero-order chi connectivity index (χ0) is 15.0. The third-order valence-corrected chi connectivity index (χ3v) is 4.81. The van der Waals surface area contributed by atoms with Crippen LogP contribution in [0.5, 0.6) is 0 Å². The molecule has 0 saturated carbocycles.